The Balaban J connectivity index is 1.80. The van der Waals surface area contributed by atoms with Gasteiger partial charge >= 0.3 is 0 Å². The molecule has 0 aromatic heterocycles. The van der Waals surface area contributed by atoms with Gasteiger partial charge in [0.25, 0.3) is 0 Å². The Bertz CT molecular complexity index is 363. The molecule has 1 aromatic rings. The lowest BCUT2D eigenvalue weighted by Gasteiger charge is -2.34. The van der Waals surface area contributed by atoms with E-state index in [0.717, 1.165) is 11.6 Å². The van der Waals surface area contributed by atoms with Gasteiger partial charge in [0, 0.05) is 17.6 Å². The molecule has 0 saturated heterocycles. The average Bonchev–Trinajstić information content (AvgIpc) is 2.28. The molecule has 1 saturated carbocycles. The molecule has 0 unspecified atom stereocenters. The van der Waals surface area contributed by atoms with E-state index in [1.54, 1.807) is 0 Å². The second-order valence-electron chi connectivity index (χ2n) is 5.95. The smallest absolute Gasteiger partial charge is 0.0409 e. The lowest BCUT2D eigenvalue weighted by molar-refractivity contribution is 0.206. The lowest BCUT2D eigenvalue weighted by Crippen LogP contribution is -2.35. The molecule has 0 radical (unpaired) electrons. The molecule has 2 heteroatoms. The number of benzene rings is 1. The van der Waals surface area contributed by atoms with E-state index in [9.17, 15) is 0 Å². The predicted octanol–water partition coefficient (Wildman–Crippen LogP) is 4.40. The molecular weight excluding hydrogens is 230 g/mol. The van der Waals surface area contributed by atoms with Gasteiger partial charge in [0.05, 0.1) is 0 Å². The van der Waals surface area contributed by atoms with Crippen LogP contribution in [0, 0.1) is 5.41 Å². The third-order valence-corrected chi connectivity index (χ3v) is 4.06. The molecule has 94 valence electrons. The van der Waals surface area contributed by atoms with Crippen LogP contribution in [0.25, 0.3) is 0 Å². The van der Waals surface area contributed by atoms with Crippen molar-refractivity contribution in [2.24, 2.45) is 5.41 Å². The predicted molar refractivity (Wildman–Crippen MR) is 74.3 cm³/mol. The Morgan fingerprint density at radius 1 is 1.29 bits per heavy atom. The summed E-state index contributed by atoms with van der Waals surface area (Å²) in [6.45, 7) is 5.69. The highest BCUT2D eigenvalue weighted by atomic mass is 35.5. The fourth-order valence-corrected chi connectivity index (χ4v) is 2.73. The van der Waals surface area contributed by atoms with Crippen LogP contribution in [0.2, 0.25) is 5.02 Å². The molecule has 1 aliphatic carbocycles. The molecule has 0 spiro atoms. The summed E-state index contributed by atoms with van der Waals surface area (Å²) in [5, 5.41) is 4.47. The van der Waals surface area contributed by atoms with Crippen molar-refractivity contribution < 1.29 is 0 Å². The summed E-state index contributed by atoms with van der Waals surface area (Å²) in [4.78, 5) is 0. The maximum atomic E-state index is 5.98. The first-order valence-corrected chi connectivity index (χ1v) is 6.91. The summed E-state index contributed by atoms with van der Waals surface area (Å²) < 4.78 is 0. The van der Waals surface area contributed by atoms with E-state index in [-0.39, 0.29) is 0 Å². The van der Waals surface area contributed by atoms with Crippen LogP contribution in [0.15, 0.2) is 24.3 Å². The monoisotopic (exact) mass is 251 g/mol. The summed E-state index contributed by atoms with van der Waals surface area (Å²) in [6, 6.07) is 8.80. The highest BCUT2D eigenvalue weighted by Gasteiger charge is 2.26. The quantitative estimate of drug-likeness (QED) is 0.840. The van der Waals surface area contributed by atoms with Crippen molar-refractivity contribution in [2.75, 3.05) is 0 Å². The molecule has 0 amide bonds. The molecule has 1 fully saturated rings. The number of nitrogens with one attached hydrogen (secondary N) is 1. The van der Waals surface area contributed by atoms with Gasteiger partial charge in [-0.3, -0.25) is 0 Å². The Labute approximate surface area is 110 Å². The summed E-state index contributed by atoms with van der Waals surface area (Å²) in [5.74, 6) is 0. The van der Waals surface area contributed by atoms with Gasteiger partial charge < -0.3 is 5.32 Å². The summed E-state index contributed by atoms with van der Waals surface area (Å²) in [5.41, 5.74) is 1.83. The Hall–Kier alpha value is -0.530. The van der Waals surface area contributed by atoms with Crippen molar-refractivity contribution in [1.82, 2.24) is 5.32 Å². The van der Waals surface area contributed by atoms with Crippen LogP contribution >= 0.6 is 11.6 Å². The van der Waals surface area contributed by atoms with Crippen molar-refractivity contribution in [2.45, 2.75) is 52.1 Å². The standard InChI is InChI=1S/C15H22ClN/c1-15(2)8-6-14(7-9-15)17-11-12-4-3-5-13(16)10-12/h3-5,10,14,17H,6-9,11H2,1-2H3. The number of rotatable bonds is 3. The van der Waals surface area contributed by atoms with Crippen LogP contribution in [0.3, 0.4) is 0 Å². The van der Waals surface area contributed by atoms with Crippen LogP contribution < -0.4 is 5.32 Å². The van der Waals surface area contributed by atoms with Gasteiger partial charge in [0.1, 0.15) is 0 Å². The molecule has 1 nitrogen and oxygen atoms in total. The Morgan fingerprint density at radius 2 is 2.00 bits per heavy atom. The number of hydrogen-bond donors (Lipinski definition) is 1. The van der Waals surface area contributed by atoms with Crippen molar-refractivity contribution in [3.05, 3.63) is 34.9 Å². The van der Waals surface area contributed by atoms with E-state index in [1.807, 2.05) is 18.2 Å². The van der Waals surface area contributed by atoms with Crippen LogP contribution in [-0.2, 0) is 6.54 Å². The molecule has 0 atom stereocenters. The Morgan fingerprint density at radius 3 is 2.65 bits per heavy atom. The molecule has 0 heterocycles. The fraction of sp³-hybridized carbons (Fsp3) is 0.600. The van der Waals surface area contributed by atoms with E-state index in [0.29, 0.717) is 11.5 Å². The van der Waals surface area contributed by atoms with Crippen molar-refractivity contribution >= 4 is 11.6 Å². The zero-order chi connectivity index (χ0) is 12.3. The minimum atomic E-state index is 0.550. The van der Waals surface area contributed by atoms with Gasteiger partial charge in [0.2, 0.25) is 0 Å². The maximum absolute atomic E-state index is 5.98. The number of halogens is 1. The van der Waals surface area contributed by atoms with Gasteiger partial charge in [-0.15, -0.1) is 0 Å². The van der Waals surface area contributed by atoms with Gasteiger partial charge in [-0.05, 0) is 48.8 Å². The lowest BCUT2D eigenvalue weighted by atomic mass is 9.75. The van der Waals surface area contributed by atoms with Gasteiger partial charge in [-0.1, -0.05) is 37.6 Å². The third kappa shape index (κ3) is 4.01. The highest BCUT2D eigenvalue weighted by Crippen LogP contribution is 2.35. The van der Waals surface area contributed by atoms with E-state index < -0.39 is 0 Å². The largest absolute Gasteiger partial charge is 0.310 e. The molecule has 2 rings (SSSR count). The Kier molecular flexibility index (Phi) is 4.11. The minimum Gasteiger partial charge on any atom is -0.310 e. The average molecular weight is 252 g/mol. The second kappa shape index (κ2) is 5.41. The van der Waals surface area contributed by atoms with Gasteiger partial charge in [0.15, 0.2) is 0 Å². The maximum Gasteiger partial charge on any atom is 0.0409 e. The van der Waals surface area contributed by atoms with Gasteiger partial charge in [-0.25, -0.2) is 0 Å². The first-order chi connectivity index (χ1) is 8.05. The molecule has 1 aliphatic rings. The second-order valence-corrected chi connectivity index (χ2v) is 6.39. The van der Waals surface area contributed by atoms with Crippen molar-refractivity contribution in [3.63, 3.8) is 0 Å². The van der Waals surface area contributed by atoms with Crippen LogP contribution in [-0.4, -0.2) is 6.04 Å². The highest BCUT2D eigenvalue weighted by molar-refractivity contribution is 6.30. The normalized spacial score (nSPS) is 20.4. The molecule has 17 heavy (non-hydrogen) atoms. The summed E-state index contributed by atoms with van der Waals surface area (Å²) in [6.07, 6.45) is 5.27. The van der Waals surface area contributed by atoms with Gasteiger partial charge in [-0.2, -0.15) is 0 Å². The van der Waals surface area contributed by atoms with Crippen molar-refractivity contribution in [3.8, 4) is 0 Å². The van der Waals surface area contributed by atoms with Crippen LogP contribution in [0.4, 0.5) is 0 Å². The van der Waals surface area contributed by atoms with E-state index in [4.69, 9.17) is 11.6 Å². The van der Waals surface area contributed by atoms with Crippen LogP contribution in [0.1, 0.15) is 45.1 Å². The first kappa shape index (κ1) is 12.9. The SMILES string of the molecule is CC1(C)CCC(NCc2cccc(Cl)c2)CC1. The zero-order valence-electron chi connectivity index (χ0n) is 10.8. The molecule has 0 aliphatic heterocycles. The molecular formula is C15H22ClN. The van der Waals surface area contributed by atoms with E-state index >= 15 is 0 Å². The van der Waals surface area contributed by atoms with E-state index in [2.05, 4.69) is 25.2 Å². The molecule has 0 bridgehead atoms. The zero-order valence-corrected chi connectivity index (χ0v) is 11.6. The number of hydrogen-bond acceptors (Lipinski definition) is 1. The molecule has 1 aromatic carbocycles. The third-order valence-electron chi connectivity index (χ3n) is 3.82. The van der Waals surface area contributed by atoms with E-state index in [1.165, 1.54) is 31.2 Å². The molecule has 1 N–H and O–H groups in total. The van der Waals surface area contributed by atoms with Crippen LogP contribution in [0.5, 0.6) is 0 Å². The first-order valence-electron chi connectivity index (χ1n) is 6.53. The topological polar surface area (TPSA) is 12.0 Å². The minimum absolute atomic E-state index is 0.550. The summed E-state index contributed by atoms with van der Waals surface area (Å²) in [7, 11) is 0. The summed E-state index contributed by atoms with van der Waals surface area (Å²) >= 11 is 5.98. The fourth-order valence-electron chi connectivity index (χ4n) is 2.51. The van der Waals surface area contributed by atoms with Crippen molar-refractivity contribution in [1.29, 1.82) is 0 Å².